The molecule has 0 spiro atoms. The Bertz CT molecular complexity index is 1390. The van der Waals surface area contributed by atoms with Crippen LogP contribution < -0.4 is 26.0 Å². The Hall–Kier alpha value is -3.92. The highest BCUT2D eigenvalue weighted by atomic mass is 16.5. The molecule has 2 aromatic heterocycles. The van der Waals surface area contributed by atoms with Crippen LogP contribution in [0.5, 0.6) is 5.88 Å². The molecule has 1 unspecified atom stereocenters. The third-order valence-corrected chi connectivity index (χ3v) is 7.50. The van der Waals surface area contributed by atoms with Crippen molar-refractivity contribution >= 4 is 28.9 Å². The van der Waals surface area contributed by atoms with Gasteiger partial charge in [-0.05, 0) is 74.8 Å². The van der Waals surface area contributed by atoms with Crippen LogP contribution in [0.15, 0.2) is 41.5 Å². The zero-order valence-electron chi connectivity index (χ0n) is 21.9. The lowest BCUT2D eigenvalue weighted by atomic mass is 9.97. The van der Waals surface area contributed by atoms with Crippen molar-refractivity contribution in [3.05, 3.63) is 47.8 Å². The molecule has 10 heteroatoms. The highest BCUT2D eigenvalue weighted by molar-refractivity contribution is 6.19. The van der Waals surface area contributed by atoms with E-state index in [1.54, 1.807) is 23.0 Å². The second kappa shape index (κ2) is 10.1. The molecule has 3 aliphatic rings. The molecule has 0 radical (unpaired) electrons. The SMILES string of the molecule is Cc1cc2cc(n1)-c1cnn(C)c1OCCCC(C1CC1)CN1/C(=N/C2=O)Nc2ccc(NCCN)cc21. The first kappa shape index (κ1) is 24.4. The number of hydrogen-bond donors (Lipinski definition) is 3. The Labute approximate surface area is 222 Å². The maximum atomic E-state index is 13.6. The predicted molar refractivity (Wildman–Crippen MR) is 149 cm³/mol. The van der Waals surface area contributed by atoms with E-state index >= 15 is 0 Å². The van der Waals surface area contributed by atoms with E-state index in [9.17, 15) is 4.79 Å². The third-order valence-electron chi connectivity index (χ3n) is 7.50. The summed E-state index contributed by atoms with van der Waals surface area (Å²) in [4.78, 5) is 25.0. The number of hydrogen-bond acceptors (Lipinski definition) is 8. The van der Waals surface area contributed by atoms with Crippen molar-refractivity contribution in [1.29, 1.82) is 0 Å². The molecule has 2 bridgehead atoms. The van der Waals surface area contributed by atoms with Crippen molar-refractivity contribution in [3.63, 3.8) is 0 Å². The number of carbonyl (C=O) groups excluding carboxylic acids is 1. The van der Waals surface area contributed by atoms with Gasteiger partial charge in [0.15, 0.2) is 0 Å². The van der Waals surface area contributed by atoms with Crippen LogP contribution in [-0.4, -0.2) is 52.9 Å². The zero-order valence-corrected chi connectivity index (χ0v) is 21.9. The molecule has 3 aromatic rings. The molecule has 0 saturated heterocycles. The number of pyridine rings is 1. The van der Waals surface area contributed by atoms with E-state index in [0.717, 1.165) is 47.7 Å². The van der Waals surface area contributed by atoms with Gasteiger partial charge < -0.3 is 26.0 Å². The van der Waals surface area contributed by atoms with E-state index in [1.165, 1.54) is 12.8 Å². The largest absolute Gasteiger partial charge is 0.477 e. The Morgan fingerprint density at radius 2 is 2.05 bits per heavy atom. The number of aromatic nitrogens is 3. The minimum absolute atomic E-state index is 0.317. The van der Waals surface area contributed by atoms with Crippen LogP contribution in [0.1, 0.15) is 41.7 Å². The highest BCUT2D eigenvalue weighted by Crippen LogP contribution is 2.43. The number of nitrogens with one attached hydrogen (secondary N) is 2. The van der Waals surface area contributed by atoms with Crippen LogP contribution in [-0.2, 0) is 7.05 Å². The fraction of sp³-hybridized carbons (Fsp3) is 0.429. The fourth-order valence-electron chi connectivity index (χ4n) is 5.42. The monoisotopic (exact) mass is 514 g/mol. The molecule has 38 heavy (non-hydrogen) atoms. The average molecular weight is 515 g/mol. The number of nitrogens with two attached hydrogens (primary N) is 1. The molecule has 4 heterocycles. The molecular weight excluding hydrogens is 480 g/mol. The maximum absolute atomic E-state index is 13.6. The Kier molecular flexibility index (Phi) is 6.49. The topological polar surface area (TPSA) is 123 Å². The van der Waals surface area contributed by atoms with Crippen LogP contribution in [0.2, 0.25) is 0 Å². The van der Waals surface area contributed by atoms with Gasteiger partial charge in [-0.15, -0.1) is 0 Å². The number of guanidine groups is 1. The van der Waals surface area contributed by atoms with E-state index in [0.29, 0.717) is 54.6 Å². The second-order valence-corrected chi connectivity index (χ2v) is 10.4. The number of nitrogens with zero attached hydrogens (tertiary/aromatic N) is 5. The molecule has 1 amide bonds. The second-order valence-electron chi connectivity index (χ2n) is 10.4. The van der Waals surface area contributed by atoms with Crippen molar-refractivity contribution in [2.24, 2.45) is 29.6 Å². The summed E-state index contributed by atoms with van der Waals surface area (Å²) in [6, 6.07) is 9.72. The first-order chi connectivity index (χ1) is 18.5. The molecule has 2 aliphatic heterocycles. The van der Waals surface area contributed by atoms with Gasteiger partial charge in [-0.2, -0.15) is 10.1 Å². The number of amides is 1. The maximum Gasteiger partial charge on any atom is 0.280 e. The molecule has 1 aliphatic carbocycles. The Balaban J connectivity index is 1.42. The Morgan fingerprint density at radius 3 is 2.87 bits per heavy atom. The van der Waals surface area contributed by atoms with Crippen molar-refractivity contribution in [3.8, 4) is 17.1 Å². The van der Waals surface area contributed by atoms with Gasteiger partial charge in [0.05, 0.1) is 35.4 Å². The lowest BCUT2D eigenvalue weighted by molar-refractivity contribution is 0.100. The molecule has 1 aromatic carbocycles. The number of ether oxygens (including phenoxy) is 1. The third kappa shape index (κ3) is 4.83. The number of carbonyl (C=O) groups is 1. The number of benzene rings is 1. The summed E-state index contributed by atoms with van der Waals surface area (Å²) in [6.07, 6.45) is 6.18. The van der Waals surface area contributed by atoms with Gasteiger partial charge in [-0.3, -0.25) is 9.78 Å². The minimum atomic E-state index is -0.317. The summed E-state index contributed by atoms with van der Waals surface area (Å²) in [5.41, 5.74) is 11.3. The highest BCUT2D eigenvalue weighted by Gasteiger charge is 2.36. The van der Waals surface area contributed by atoms with Crippen LogP contribution in [0.25, 0.3) is 11.3 Å². The normalized spacial score (nSPS) is 20.6. The predicted octanol–water partition coefficient (Wildman–Crippen LogP) is 3.79. The first-order valence-corrected chi connectivity index (χ1v) is 13.4. The summed E-state index contributed by atoms with van der Waals surface area (Å²) in [7, 11) is 1.86. The number of fused-ring (bicyclic) bond motifs is 7. The lowest BCUT2D eigenvalue weighted by Gasteiger charge is -2.26. The minimum Gasteiger partial charge on any atom is -0.477 e. The average Bonchev–Trinajstić information content (AvgIpc) is 3.61. The quantitative estimate of drug-likeness (QED) is 0.481. The van der Waals surface area contributed by atoms with Crippen molar-refractivity contribution in [2.75, 3.05) is 41.8 Å². The number of rotatable bonds is 4. The molecule has 10 nitrogen and oxygen atoms in total. The van der Waals surface area contributed by atoms with Crippen molar-refractivity contribution < 1.29 is 9.53 Å². The van der Waals surface area contributed by atoms with Crippen LogP contribution in [0.3, 0.4) is 0 Å². The van der Waals surface area contributed by atoms with Gasteiger partial charge in [0.2, 0.25) is 11.8 Å². The summed E-state index contributed by atoms with van der Waals surface area (Å²) < 4.78 is 7.97. The standard InChI is InChI=1S/C28H34N8O2/c1-17-12-20-13-24(32-17)22-15-31-35(2)27(22)38-11-3-4-19(18-5-6-18)16-36-25-14-21(30-10-9-29)7-8-23(25)33-28(36)34-26(20)37/h7-8,12-15,18-19,30H,3-6,9-11,16,29H2,1-2H3,(H,33,34,37). The molecule has 1 fully saturated rings. The van der Waals surface area contributed by atoms with Gasteiger partial charge in [0.25, 0.3) is 5.91 Å². The van der Waals surface area contributed by atoms with E-state index in [1.807, 2.05) is 26.1 Å². The molecule has 4 N–H and O–H groups in total. The van der Waals surface area contributed by atoms with Crippen LogP contribution in [0, 0.1) is 18.8 Å². The number of aliphatic imine (C=N–C) groups is 1. The first-order valence-electron chi connectivity index (χ1n) is 13.4. The number of anilines is 3. The molecule has 1 saturated carbocycles. The lowest BCUT2D eigenvalue weighted by Crippen LogP contribution is -2.36. The molecular formula is C28H34N8O2. The van der Waals surface area contributed by atoms with E-state index in [2.05, 4.69) is 36.7 Å². The van der Waals surface area contributed by atoms with Gasteiger partial charge in [0.1, 0.15) is 0 Å². The van der Waals surface area contributed by atoms with Gasteiger partial charge in [-0.25, -0.2) is 4.68 Å². The number of aryl methyl sites for hydroxylation is 2. The van der Waals surface area contributed by atoms with E-state index in [4.69, 9.17) is 10.5 Å². The van der Waals surface area contributed by atoms with Crippen molar-refractivity contribution in [1.82, 2.24) is 14.8 Å². The summed E-state index contributed by atoms with van der Waals surface area (Å²) in [5.74, 6) is 2.06. The van der Waals surface area contributed by atoms with Crippen molar-refractivity contribution in [2.45, 2.75) is 32.6 Å². The summed E-state index contributed by atoms with van der Waals surface area (Å²) >= 11 is 0. The summed E-state index contributed by atoms with van der Waals surface area (Å²) in [6.45, 7) is 4.51. The smallest absolute Gasteiger partial charge is 0.280 e. The fourth-order valence-corrected chi connectivity index (χ4v) is 5.42. The molecule has 1 atom stereocenters. The van der Waals surface area contributed by atoms with Gasteiger partial charge in [0, 0.05) is 43.6 Å². The molecule has 198 valence electrons. The van der Waals surface area contributed by atoms with Gasteiger partial charge >= 0.3 is 0 Å². The summed E-state index contributed by atoms with van der Waals surface area (Å²) in [5, 5.41) is 11.2. The van der Waals surface area contributed by atoms with E-state index < -0.39 is 0 Å². The Morgan fingerprint density at radius 1 is 1.18 bits per heavy atom. The zero-order chi connectivity index (χ0) is 26.2. The van der Waals surface area contributed by atoms with Crippen LogP contribution in [0.4, 0.5) is 17.1 Å². The van der Waals surface area contributed by atoms with E-state index in [-0.39, 0.29) is 5.91 Å². The van der Waals surface area contributed by atoms with Gasteiger partial charge in [-0.1, -0.05) is 0 Å². The van der Waals surface area contributed by atoms with Crippen LogP contribution >= 0.6 is 0 Å². The molecule has 6 rings (SSSR count).